The number of nitrogens with one attached hydrogen (secondary N) is 1. The van der Waals surface area contributed by atoms with Gasteiger partial charge in [-0.3, -0.25) is 14.9 Å². The van der Waals surface area contributed by atoms with Crippen molar-refractivity contribution in [3.63, 3.8) is 0 Å². The van der Waals surface area contributed by atoms with E-state index in [4.69, 9.17) is 15.4 Å². The highest BCUT2D eigenvalue weighted by Gasteiger charge is 2.20. The fraction of sp³-hybridized carbons (Fsp3) is 0.333. The molecule has 2 amide bonds. The standard InChI is InChI=1S/C17H24N2O2.C11H10N4O.C2H2/c1-18(13-11-15-8-4-2-5-9-15)17(21)14-19-12-7-3-6-10-16(19)20;1-7-4-8-5-9(2-3-10(8)16-7)15-11(13)14-6-12;1-2/h2,4-5,8-9H,3,6-7,10-14H2,1H3;2-5H,1H3,(H3,13,14,15);1-2H. The van der Waals surface area contributed by atoms with Gasteiger partial charge in [0.25, 0.3) is 0 Å². The predicted octanol–water partition coefficient (Wildman–Crippen LogP) is 4.10. The summed E-state index contributed by atoms with van der Waals surface area (Å²) in [5.41, 5.74) is 8.17. The molecule has 9 nitrogen and oxygen atoms in total. The van der Waals surface area contributed by atoms with Gasteiger partial charge < -0.3 is 20.0 Å². The summed E-state index contributed by atoms with van der Waals surface area (Å²) in [7, 11) is 1.81. The molecule has 0 atom stereocenters. The summed E-state index contributed by atoms with van der Waals surface area (Å²) in [6.07, 6.45) is 14.2. The summed E-state index contributed by atoms with van der Waals surface area (Å²) in [6, 6.07) is 17.5. The van der Waals surface area contributed by atoms with Crippen molar-refractivity contribution >= 4 is 34.4 Å². The molecule has 2 heterocycles. The number of carbonyl (C=O) groups is 2. The Balaban J connectivity index is 0.000000265. The van der Waals surface area contributed by atoms with Crippen molar-refractivity contribution in [2.24, 2.45) is 10.7 Å². The first-order chi connectivity index (χ1) is 18.9. The van der Waals surface area contributed by atoms with E-state index in [9.17, 15) is 9.59 Å². The van der Waals surface area contributed by atoms with E-state index in [1.807, 2.05) is 50.4 Å². The van der Waals surface area contributed by atoms with E-state index in [1.165, 1.54) is 5.56 Å². The molecule has 1 saturated heterocycles. The highest BCUT2D eigenvalue weighted by molar-refractivity contribution is 5.86. The lowest BCUT2D eigenvalue weighted by Crippen LogP contribution is -2.41. The maximum Gasteiger partial charge on any atom is 0.241 e. The van der Waals surface area contributed by atoms with E-state index in [2.05, 4.69) is 35.3 Å². The summed E-state index contributed by atoms with van der Waals surface area (Å²) < 4.78 is 5.43. The molecule has 3 N–H and O–H groups in total. The number of terminal acetylenes is 1. The fourth-order valence-electron chi connectivity index (χ4n) is 4.01. The minimum Gasteiger partial charge on any atom is -0.461 e. The second-order valence-corrected chi connectivity index (χ2v) is 8.99. The lowest BCUT2D eigenvalue weighted by molar-refractivity contribution is -0.139. The van der Waals surface area contributed by atoms with Crippen molar-refractivity contribution in [2.45, 2.75) is 39.0 Å². The number of hydrogen-bond acceptors (Lipinski definition) is 5. The number of nitrogens with two attached hydrogens (primary N) is 1. The van der Waals surface area contributed by atoms with Crippen LogP contribution >= 0.6 is 0 Å². The molecule has 204 valence electrons. The van der Waals surface area contributed by atoms with Crippen LogP contribution in [0.5, 0.6) is 0 Å². The molecule has 1 aliphatic rings. The summed E-state index contributed by atoms with van der Waals surface area (Å²) in [4.78, 5) is 31.6. The van der Waals surface area contributed by atoms with Crippen molar-refractivity contribution < 1.29 is 14.0 Å². The Labute approximate surface area is 230 Å². The van der Waals surface area contributed by atoms with Crippen LogP contribution in [-0.2, 0) is 16.0 Å². The monoisotopic (exact) mass is 528 g/mol. The van der Waals surface area contributed by atoms with Crippen LogP contribution in [0.1, 0.15) is 37.0 Å². The van der Waals surface area contributed by atoms with Crippen molar-refractivity contribution in [3.05, 3.63) is 65.9 Å². The molecule has 39 heavy (non-hydrogen) atoms. The van der Waals surface area contributed by atoms with Crippen LogP contribution in [0, 0.1) is 31.2 Å². The Hall–Kier alpha value is -4.76. The lowest BCUT2D eigenvalue weighted by atomic mass is 10.1. The highest BCUT2D eigenvalue weighted by atomic mass is 16.3. The second-order valence-electron chi connectivity index (χ2n) is 8.99. The molecular weight excluding hydrogens is 492 g/mol. The van der Waals surface area contributed by atoms with E-state index < -0.39 is 0 Å². The molecule has 0 radical (unpaired) electrons. The Morgan fingerprint density at radius 2 is 1.92 bits per heavy atom. The van der Waals surface area contributed by atoms with Gasteiger partial charge in [0.1, 0.15) is 11.3 Å². The number of guanidine groups is 1. The van der Waals surface area contributed by atoms with Crippen LogP contribution in [0.25, 0.3) is 11.0 Å². The number of rotatable bonds is 6. The van der Waals surface area contributed by atoms with Gasteiger partial charge in [-0.1, -0.05) is 36.8 Å². The first-order valence-corrected chi connectivity index (χ1v) is 12.7. The maximum absolute atomic E-state index is 12.2. The largest absolute Gasteiger partial charge is 0.461 e. The average Bonchev–Trinajstić information content (AvgIpc) is 3.19. The highest BCUT2D eigenvalue weighted by Crippen LogP contribution is 2.24. The smallest absolute Gasteiger partial charge is 0.241 e. The van der Waals surface area contributed by atoms with Crippen molar-refractivity contribution in [2.75, 3.05) is 26.7 Å². The normalized spacial score (nSPS) is 13.2. The number of carbonyl (C=O) groups excluding carboxylic acids is 2. The quantitative estimate of drug-likeness (QED) is 0.163. The number of fused-ring (bicyclic) bond motifs is 1. The first kappa shape index (κ1) is 30.5. The van der Waals surface area contributed by atoms with Gasteiger partial charge >= 0.3 is 0 Å². The van der Waals surface area contributed by atoms with Gasteiger partial charge in [-0.05, 0) is 56.0 Å². The second kappa shape index (κ2) is 16.2. The van der Waals surface area contributed by atoms with Crippen molar-refractivity contribution in [3.8, 4) is 19.0 Å². The van der Waals surface area contributed by atoms with Gasteiger partial charge in [-0.25, -0.2) is 4.99 Å². The molecule has 9 heteroatoms. The first-order valence-electron chi connectivity index (χ1n) is 12.7. The van der Waals surface area contributed by atoms with Gasteiger partial charge in [0.15, 0.2) is 6.19 Å². The van der Waals surface area contributed by atoms with Crippen molar-refractivity contribution in [1.82, 2.24) is 15.1 Å². The molecule has 1 fully saturated rings. The molecule has 0 spiro atoms. The maximum atomic E-state index is 12.2. The molecular formula is C30H36N6O3. The van der Waals surface area contributed by atoms with E-state index >= 15 is 0 Å². The Bertz CT molecular complexity index is 1310. The van der Waals surface area contributed by atoms with E-state index in [0.29, 0.717) is 18.7 Å². The van der Waals surface area contributed by atoms with Crippen LogP contribution in [0.4, 0.5) is 5.69 Å². The van der Waals surface area contributed by atoms with Gasteiger partial charge in [-0.15, -0.1) is 12.8 Å². The van der Waals surface area contributed by atoms with E-state index in [0.717, 1.165) is 49.0 Å². The summed E-state index contributed by atoms with van der Waals surface area (Å²) >= 11 is 0. The molecule has 2 aromatic carbocycles. The zero-order valence-corrected chi connectivity index (χ0v) is 22.6. The number of likely N-dealkylation sites (tertiary alicyclic amines) is 1. The number of aliphatic imine (C=N–C) groups is 1. The number of hydrogen-bond donors (Lipinski definition) is 2. The number of benzene rings is 2. The van der Waals surface area contributed by atoms with Crippen LogP contribution in [0.3, 0.4) is 0 Å². The number of nitriles is 1. The molecule has 0 aliphatic carbocycles. The van der Waals surface area contributed by atoms with Gasteiger partial charge in [-0.2, -0.15) is 5.26 Å². The van der Waals surface area contributed by atoms with Gasteiger partial charge in [0.2, 0.25) is 17.8 Å². The third-order valence-corrected chi connectivity index (χ3v) is 6.06. The van der Waals surface area contributed by atoms with Crippen LogP contribution in [-0.4, -0.2) is 54.3 Å². The third kappa shape index (κ3) is 10.3. The third-order valence-electron chi connectivity index (χ3n) is 6.06. The SMILES string of the molecule is C#C.CN(CCc1ccccc1)C(=O)CN1CCCCCC1=O.Cc1cc2cc(N=C(N)NC#N)ccc2o1. The fourth-order valence-corrected chi connectivity index (χ4v) is 4.01. The van der Waals surface area contributed by atoms with Crippen LogP contribution in [0.15, 0.2) is 64.0 Å². The van der Waals surface area contributed by atoms with Crippen molar-refractivity contribution in [1.29, 1.82) is 5.26 Å². The van der Waals surface area contributed by atoms with Gasteiger partial charge in [0.05, 0.1) is 12.2 Å². The lowest BCUT2D eigenvalue weighted by Gasteiger charge is -2.24. The van der Waals surface area contributed by atoms with Crippen LogP contribution < -0.4 is 11.1 Å². The molecule has 4 rings (SSSR count). The number of likely N-dealkylation sites (N-methyl/N-ethyl adjacent to an activating group) is 1. The Morgan fingerprint density at radius 3 is 2.64 bits per heavy atom. The average molecular weight is 529 g/mol. The predicted molar refractivity (Wildman–Crippen MR) is 154 cm³/mol. The minimum atomic E-state index is 0.0289. The number of nitrogens with zero attached hydrogens (tertiary/aromatic N) is 4. The zero-order chi connectivity index (χ0) is 28.6. The minimum absolute atomic E-state index is 0.0289. The Kier molecular flexibility index (Phi) is 12.6. The number of aryl methyl sites for hydroxylation is 1. The summed E-state index contributed by atoms with van der Waals surface area (Å²) in [5, 5.41) is 11.6. The molecule has 1 aromatic heterocycles. The molecule has 3 aromatic rings. The van der Waals surface area contributed by atoms with E-state index in [1.54, 1.807) is 22.1 Å². The topological polar surface area (TPSA) is 128 Å². The van der Waals surface area contributed by atoms with Gasteiger partial charge in [0, 0.05) is 31.9 Å². The van der Waals surface area contributed by atoms with Crippen LogP contribution in [0.2, 0.25) is 0 Å². The number of amides is 2. The summed E-state index contributed by atoms with van der Waals surface area (Å²) in [6.45, 7) is 3.51. The molecule has 0 unspecified atom stereocenters. The molecule has 1 aliphatic heterocycles. The molecule has 0 saturated carbocycles. The molecule has 0 bridgehead atoms. The zero-order valence-electron chi connectivity index (χ0n) is 22.6. The van der Waals surface area contributed by atoms with E-state index in [-0.39, 0.29) is 24.3 Å². The Morgan fingerprint density at radius 1 is 1.18 bits per heavy atom. The summed E-state index contributed by atoms with van der Waals surface area (Å²) in [5.74, 6) is 1.07. The number of furan rings is 1.